The number of ketones is 1. The molecule has 0 atom stereocenters. The third-order valence-corrected chi connectivity index (χ3v) is 5.91. The van der Waals surface area contributed by atoms with Gasteiger partial charge in [0.05, 0.1) is 19.8 Å². The number of nitrogens with zero attached hydrogens (tertiary/aromatic N) is 4. The van der Waals surface area contributed by atoms with E-state index in [-0.39, 0.29) is 29.5 Å². The van der Waals surface area contributed by atoms with E-state index in [9.17, 15) is 4.79 Å². The summed E-state index contributed by atoms with van der Waals surface area (Å²) < 4.78 is 20.0. The fourth-order valence-electron chi connectivity index (χ4n) is 3.91. The van der Waals surface area contributed by atoms with Gasteiger partial charge in [0.25, 0.3) is 0 Å². The predicted molar refractivity (Wildman–Crippen MR) is 133 cm³/mol. The molecule has 1 N–H and O–H groups in total. The third kappa shape index (κ3) is 5.90. The molecule has 0 unspecified atom stereocenters. The second-order valence-electron chi connectivity index (χ2n) is 9.51. The van der Waals surface area contributed by atoms with Gasteiger partial charge in [-0.25, -0.2) is 4.68 Å². The molecule has 0 spiro atoms. The Bertz CT molecular complexity index is 1230. The summed E-state index contributed by atoms with van der Waals surface area (Å²) in [4.78, 5) is 13.4. The van der Waals surface area contributed by atoms with Crippen molar-refractivity contribution in [3.8, 4) is 11.6 Å². The molecule has 1 aromatic carbocycles. The largest absolute Gasteiger partial charge is 0.496 e. The predicted octanol–water partition coefficient (Wildman–Crippen LogP) is 4.30. The van der Waals surface area contributed by atoms with E-state index in [0.717, 1.165) is 29.7 Å². The van der Waals surface area contributed by atoms with Crippen LogP contribution in [0.4, 0.5) is 0 Å². The van der Waals surface area contributed by atoms with Crippen LogP contribution in [0.3, 0.4) is 0 Å². The Kier molecular flexibility index (Phi) is 8.32. The van der Waals surface area contributed by atoms with Crippen molar-refractivity contribution in [3.63, 3.8) is 0 Å². The van der Waals surface area contributed by atoms with Gasteiger partial charge in [-0.15, -0.1) is 10.2 Å². The highest BCUT2D eigenvalue weighted by molar-refractivity contribution is 5.96. The Morgan fingerprint density at radius 3 is 2.43 bits per heavy atom. The molecule has 3 aromatic rings. The van der Waals surface area contributed by atoms with Crippen molar-refractivity contribution in [3.05, 3.63) is 46.6 Å². The molecule has 0 saturated heterocycles. The number of fused-ring (bicyclic) bond motifs is 1. The molecule has 0 aliphatic heterocycles. The number of ether oxygens (including phenoxy) is 3. The summed E-state index contributed by atoms with van der Waals surface area (Å²) in [5, 5.41) is 17.4. The standard InChI is InChI=1S/C26H37N5O4/c1-8-19(9-2)35-23-12-11-22-28-30(25(27)31(22)29-23)15-21(32)17-13-18(16-34-10-3)24(33-7)20(14-17)26(4,5)6/h11-14,19,27H,8-10,15-16H2,1-7H3. The van der Waals surface area contributed by atoms with Crippen LogP contribution in [0.2, 0.25) is 0 Å². The van der Waals surface area contributed by atoms with Crippen LogP contribution in [0.15, 0.2) is 24.3 Å². The maximum absolute atomic E-state index is 13.4. The zero-order valence-corrected chi connectivity index (χ0v) is 21.8. The Labute approximate surface area is 206 Å². The molecular formula is C26H37N5O4. The average molecular weight is 484 g/mol. The first kappa shape index (κ1) is 26.4. The van der Waals surface area contributed by atoms with Crippen molar-refractivity contribution in [1.29, 1.82) is 5.41 Å². The number of hydrogen-bond acceptors (Lipinski definition) is 7. The van der Waals surface area contributed by atoms with E-state index in [2.05, 4.69) is 44.8 Å². The first-order chi connectivity index (χ1) is 16.6. The van der Waals surface area contributed by atoms with Crippen LogP contribution >= 0.6 is 0 Å². The van der Waals surface area contributed by atoms with E-state index < -0.39 is 0 Å². The number of benzene rings is 1. The van der Waals surface area contributed by atoms with Gasteiger partial charge in [0.15, 0.2) is 11.4 Å². The number of carbonyl (C=O) groups is 1. The molecule has 2 heterocycles. The van der Waals surface area contributed by atoms with Crippen LogP contribution in [-0.4, -0.2) is 45.0 Å². The topological polar surface area (TPSA) is 104 Å². The maximum Gasteiger partial charge on any atom is 0.242 e. The summed E-state index contributed by atoms with van der Waals surface area (Å²) in [6.45, 7) is 13.1. The van der Waals surface area contributed by atoms with Crippen LogP contribution in [0, 0.1) is 5.41 Å². The molecule has 0 bridgehead atoms. The van der Waals surface area contributed by atoms with Gasteiger partial charge in [-0.1, -0.05) is 34.6 Å². The van der Waals surface area contributed by atoms with Crippen LogP contribution < -0.4 is 15.1 Å². The molecule has 3 rings (SSSR count). The Morgan fingerprint density at radius 2 is 1.83 bits per heavy atom. The minimum absolute atomic E-state index is 0.00226. The minimum Gasteiger partial charge on any atom is -0.496 e. The van der Waals surface area contributed by atoms with Crippen molar-refractivity contribution in [2.24, 2.45) is 0 Å². The average Bonchev–Trinajstić information content (AvgIpc) is 3.14. The molecule has 9 nitrogen and oxygen atoms in total. The molecular weight excluding hydrogens is 446 g/mol. The zero-order chi connectivity index (χ0) is 25.8. The zero-order valence-electron chi connectivity index (χ0n) is 21.8. The quantitative estimate of drug-likeness (QED) is 0.408. The summed E-state index contributed by atoms with van der Waals surface area (Å²) in [6.07, 6.45) is 1.79. The van der Waals surface area contributed by atoms with Crippen molar-refractivity contribution in [2.45, 2.75) is 79.1 Å². The van der Waals surface area contributed by atoms with Gasteiger partial charge in [-0.3, -0.25) is 10.2 Å². The third-order valence-electron chi connectivity index (χ3n) is 5.91. The van der Waals surface area contributed by atoms with Gasteiger partial charge in [0.1, 0.15) is 12.3 Å². The minimum atomic E-state index is -0.241. The fourth-order valence-corrected chi connectivity index (χ4v) is 3.91. The Morgan fingerprint density at radius 1 is 1.11 bits per heavy atom. The van der Waals surface area contributed by atoms with E-state index in [4.69, 9.17) is 19.6 Å². The molecule has 0 amide bonds. The lowest BCUT2D eigenvalue weighted by Crippen LogP contribution is -2.27. The monoisotopic (exact) mass is 483 g/mol. The van der Waals surface area contributed by atoms with Crippen LogP contribution in [0.25, 0.3) is 5.65 Å². The molecule has 0 radical (unpaired) electrons. The lowest BCUT2D eigenvalue weighted by molar-refractivity contribution is 0.0964. The van der Waals surface area contributed by atoms with E-state index >= 15 is 0 Å². The fraction of sp³-hybridized carbons (Fsp3) is 0.538. The Hall–Kier alpha value is -3.20. The number of carbonyl (C=O) groups excluding carboxylic acids is 1. The van der Waals surface area contributed by atoms with Crippen molar-refractivity contribution in [2.75, 3.05) is 13.7 Å². The highest BCUT2D eigenvalue weighted by Gasteiger charge is 2.24. The molecule has 0 aliphatic rings. The lowest BCUT2D eigenvalue weighted by atomic mass is 9.83. The summed E-state index contributed by atoms with van der Waals surface area (Å²) in [7, 11) is 1.63. The first-order valence-corrected chi connectivity index (χ1v) is 12.1. The van der Waals surface area contributed by atoms with Crippen LogP contribution in [-0.2, 0) is 23.3 Å². The van der Waals surface area contributed by atoms with Gasteiger partial charge in [0.2, 0.25) is 11.5 Å². The molecule has 190 valence electrons. The van der Waals surface area contributed by atoms with E-state index in [1.807, 2.05) is 19.1 Å². The van der Waals surface area contributed by atoms with Gasteiger partial charge in [-0.05, 0) is 43.4 Å². The van der Waals surface area contributed by atoms with Crippen LogP contribution in [0.5, 0.6) is 11.6 Å². The number of Topliss-reactive ketones (excluding diaryl/α,β-unsaturated/α-hetero) is 1. The van der Waals surface area contributed by atoms with Crippen molar-refractivity contribution in [1.82, 2.24) is 19.4 Å². The van der Waals surface area contributed by atoms with Crippen molar-refractivity contribution < 1.29 is 19.0 Å². The highest BCUT2D eigenvalue weighted by atomic mass is 16.5. The second-order valence-corrected chi connectivity index (χ2v) is 9.51. The smallest absolute Gasteiger partial charge is 0.242 e. The maximum atomic E-state index is 13.4. The molecule has 2 aromatic heterocycles. The summed E-state index contributed by atoms with van der Waals surface area (Å²) in [5.41, 5.74) is 2.51. The van der Waals surface area contributed by atoms with E-state index in [0.29, 0.717) is 30.3 Å². The lowest BCUT2D eigenvalue weighted by Gasteiger charge is -2.25. The SMILES string of the molecule is CCOCc1cc(C(=O)Cn2nc3ccc(OC(CC)CC)nn3c2=N)cc(C(C)(C)C)c1OC. The second kappa shape index (κ2) is 11.0. The van der Waals surface area contributed by atoms with Gasteiger partial charge in [0, 0.05) is 29.4 Å². The Balaban J connectivity index is 1.96. The highest BCUT2D eigenvalue weighted by Crippen LogP contribution is 2.36. The number of nitrogens with one attached hydrogen (secondary N) is 1. The molecule has 0 saturated carbocycles. The summed E-state index contributed by atoms with van der Waals surface area (Å²) in [6, 6.07) is 7.17. The number of hydrogen-bond donors (Lipinski definition) is 1. The van der Waals surface area contributed by atoms with Gasteiger partial charge >= 0.3 is 0 Å². The molecule has 0 aliphatic carbocycles. The van der Waals surface area contributed by atoms with Gasteiger partial charge < -0.3 is 14.2 Å². The number of methoxy groups -OCH3 is 1. The summed E-state index contributed by atoms with van der Waals surface area (Å²) in [5.74, 6) is 1.01. The first-order valence-electron chi connectivity index (χ1n) is 12.1. The molecule has 0 fully saturated rings. The number of aromatic nitrogens is 4. The normalized spacial score (nSPS) is 11.9. The van der Waals surface area contributed by atoms with Gasteiger partial charge in [-0.2, -0.15) is 4.52 Å². The molecule has 35 heavy (non-hydrogen) atoms. The van der Waals surface area contributed by atoms with Crippen LogP contribution in [0.1, 0.15) is 75.9 Å². The van der Waals surface area contributed by atoms with E-state index in [1.165, 1.54) is 9.20 Å². The van der Waals surface area contributed by atoms with Crippen molar-refractivity contribution >= 4 is 11.4 Å². The number of rotatable bonds is 11. The summed E-state index contributed by atoms with van der Waals surface area (Å²) >= 11 is 0. The molecule has 9 heteroatoms. The van der Waals surface area contributed by atoms with E-state index in [1.54, 1.807) is 19.2 Å².